The monoisotopic (exact) mass is 283 g/mol. The molecule has 0 spiro atoms. The minimum atomic E-state index is 0.130. The first kappa shape index (κ1) is 17.4. The van der Waals surface area contributed by atoms with Gasteiger partial charge in [0.15, 0.2) is 0 Å². The quantitative estimate of drug-likeness (QED) is 0.749. The number of carbonyl (C=O) groups is 1. The van der Waals surface area contributed by atoms with Gasteiger partial charge in [-0.05, 0) is 51.7 Å². The average molecular weight is 283 g/mol. The number of likely N-dealkylation sites (N-methyl/N-ethyl adjacent to an activating group) is 1. The van der Waals surface area contributed by atoms with Gasteiger partial charge in [-0.25, -0.2) is 0 Å². The van der Waals surface area contributed by atoms with Crippen molar-refractivity contribution in [1.82, 2.24) is 10.2 Å². The molecule has 1 aliphatic rings. The van der Waals surface area contributed by atoms with E-state index < -0.39 is 0 Å². The van der Waals surface area contributed by atoms with Crippen molar-refractivity contribution in [3.05, 3.63) is 0 Å². The van der Waals surface area contributed by atoms with Crippen LogP contribution >= 0.6 is 0 Å². The van der Waals surface area contributed by atoms with Gasteiger partial charge in [-0.2, -0.15) is 0 Å². The SMILES string of the molecule is CC(C)CC(CN(C)C)NC(=O)C1CCCCC1CN. The summed E-state index contributed by atoms with van der Waals surface area (Å²) in [5.41, 5.74) is 5.84. The van der Waals surface area contributed by atoms with E-state index in [9.17, 15) is 4.79 Å². The highest BCUT2D eigenvalue weighted by Crippen LogP contribution is 2.29. The van der Waals surface area contributed by atoms with Crippen molar-refractivity contribution in [2.45, 2.75) is 52.0 Å². The Morgan fingerprint density at radius 1 is 1.30 bits per heavy atom. The van der Waals surface area contributed by atoms with Crippen LogP contribution in [0, 0.1) is 17.8 Å². The highest BCUT2D eigenvalue weighted by atomic mass is 16.2. The van der Waals surface area contributed by atoms with Crippen molar-refractivity contribution in [2.24, 2.45) is 23.5 Å². The first-order chi connectivity index (χ1) is 9.43. The van der Waals surface area contributed by atoms with Crippen molar-refractivity contribution >= 4 is 5.91 Å². The van der Waals surface area contributed by atoms with Gasteiger partial charge in [0.1, 0.15) is 0 Å². The third-order valence-electron chi connectivity index (χ3n) is 4.24. The van der Waals surface area contributed by atoms with E-state index in [4.69, 9.17) is 5.73 Å². The molecule has 0 aliphatic heterocycles. The molecule has 3 N–H and O–H groups in total. The highest BCUT2D eigenvalue weighted by Gasteiger charge is 2.31. The molecule has 0 aromatic carbocycles. The molecule has 3 atom stereocenters. The van der Waals surface area contributed by atoms with Gasteiger partial charge in [0.2, 0.25) is 5.91 Å². The van der Waals surface area contributed by atoms with E-state index in [0.717, 1.165) is 32.2 Å². The van der Waals surface area contributed by atoms with Crippen LogP contribution in [-0.2, 0) is 4.79 Å². The molecule has 1 aliphatic carbocycles. The summed E-state index contributed by atoms with van der Waals surface area (Å²) >= 11 is 0. The molecule has 0 aromatic rings. The molecule has 0 bridgehead atoms. The summed E-state index contributed by atoms with van der Waals surface area (Å²) in [6.07, 6.45) is 5.53. The average Bonchev–Trinajstić information content (AvgIpc) is 2.36. The molecule has 0 radical (unpaired) electrons. The van der Waals surface area contributed by atoms with E-state index in [1.54, 1.807) is 0 Å². The third kappa shape index (κ3) is 5.80. The van der Waals surface area contributed by atoms with Crippen LogP contribution in [0.2, 0.25) is 0 Å². The summed E-state index contributed by atoms with van der Waals surface area (Å²) in [6, 6.07) is 0.248. The minimum absolute atomic E-state index is 0.130. The molecule has 0 heterocycles. The normalized spacial score (nSPS) is 24.9. The van der Waals surface area contributed by atoms with E-state index in [0.29, 0.717) is 18.4 Å². The van der Waals surface area contributed by atoms with E-state index >= 15 is 0 Å². The van der Waals surface area contributed by atoms with Gasteiger partial charge in [-0.1, -0.05) is 26.7 Å². The second-order valence-corrected chi connectivity index (χ2v) is 6.98. The lowest BCUT2D eigenvalue weighted by atomic mass is 9.78. The lowest BCUT2D eigenvalue weighted by molar-refractivity contribution is -0.128. The Morgan fingerprint density at radius 3 is 2.50 bits per heavy atom. The summed E-state index contributed by atoms with van der Waals surface area (Å²) in [7, 11) is 4.12. The Bertz CT molecular complexity index is 281. The van der Waals surface area contributed by atoms with E-state index in [2.05, 4.69) is 38.2 Å². The lowest BCUT2D eigenvalue weighted by Crippen LogP contribution is -2.47. The molecule has 1 rings (SSSR count). The highest BCUT2D eigenvalue weighted by molar-refractivity contribution is 5.79. The first-order valence-electron chi connectivity index (χ1n) is 8.09. The van der Waals surface area contributed by atoms with Gasteiger partial charge in [0.05, 0.1) is 0 Å². The fourth-order valence-electron chi connectivity index (χ4n) is 3.33. The summed E-state index contributed by atoms with van der Waals surface area (Å²) in [5.74, 6) is 1.33. The molecule has 4 nitrogen and oxygen atoms in total. The van der Waals surface area contributed by atoms with Gasteiger partial charge in [-0.15, -0.1) is 0 Å². The molecule has 1 saturated carbocycles. The number of rotatable bonds is 7. The van der Waals surface area contributed by atoms with Crippen LogP contribution in [0.5, 0.6) is 0 Å². The van der Waals surface area contributed by atoms with Crippen molar-refractivity contribution in [1.29, 1.82) is 0 Å². The topological polar surface area (TPSA) is 58.4 Å². The Kier molecular flexibility index (Phi) is 7.52. The van der Waals surface area contributed by atoms with Gasteiger partial charge in [0, 0.05) is 18.5 Å². The van der Waals surface area contributed by atoms with E-state index in [-0.39, 0.29) is 17.9 Å². The van der Waals surface area contributed by atoms with Crippen LogP contribution in [0.3, 0.4) is 0 Å². The van der Waals surface area contributed by atoms with Crippen molar-refractivity contribution in [3.8, 4) is 0 Å². The molecule has 3 unspecified atom stereocenters. The van der Waals surface area contributed by atoms with Gasteiger partial charge in [0.25, 0.3) is 0 Å². The Hall–Kier alpha value is -0.610. The van der Waals surface area contributed by atoms with E-state index in [1.165, 1.54) is 6.42 Å². The van der Waals surface area contributed by atoms with Crippen LogP contribution in [-0.4, -0.2) is 44.0 Å². The van der Waals surface area contributed by atoms with Crippen LogP contribution in [0.25, 0.3) is 0 Å². The Morgan fingerprint density at radius 2 is 1.95 bits per heavy atom. The summed E-state index contributed by atoms with van der Waals surface area (Å²) in [5, 5.41) is 3.28. The summed E-state index contributed by atoms with van der Waals surface area (Å²) in [6.45, 7) is 5.96. The smallest absolute Gasteiger partial charge is 0.223 e. The van der Waals surface area contributed by atoms with Crippen LogP contribution in [0.4, 0.5) is 0 Å². The molecule has 1 fully saturated rings. The molecule has 1 amide bonds. The minimum Gasteiger partial charge on any atom is -0.352 e. The number of nitrogens with two attached hydrogens (primary N) is 1. The maximum Gasteiger partial charge on any atom is 0.223 e. The first-order valence-corrected chi connectivity index (χ1v) is 8.09. The van der Waals surface area contributed by atoms with Gasteiger partial charge < -0.3 is 16.0 Å². The molecule has 4 heteroatoms. The Balaban J connectivity index is 2.58. The van der Waals surface area contributed by atoms with Crippen molar-refractivity contribution < 1.29 is 4.79 Å². The zero-order chi connectivity index (χ0) is 15.1. The van der Waals surface area contributed by atoms with Crippen LogP contribution < -0.4 is 11.1 Å². The molecule has 118 valence electrons. The molecule has 0 aromatic heterocycles. The number of amides is 1. The second kappa shape index (κ2) is 8.63. The third-order valence-corrected chi connectivity index (χ3v) is 4.24. The number of hydrogen-bond donors (Lipinski definition) is 2. The van der Waals surface area contributed by atoms with Gasteiger partial charge >= 0.3 is 0 Å². The maximum absolute atomic E-state index is 12.6. The van der Waals surface area contributed by atoms with Crippen LogP contribution in [0.15, 0.2) is 0 Å². The number of nitrogens with zero attached hydrogens (tertiary/aromatic N) is 1. The van der Waals surface area contributed by atoms with Gasteiger partial charge in [-0.3, -0.25) is 4.79 Å². The number of nitrogens with one attached hydrogen (secondary N) is 1. The van der Waals surface area contributed by atoms with Crippen molar-refractivity contribution in [3.63, 3.8) is 0 Å². The predicted octanol–water partition coefficient (Wildman–Crippen LogP) is 1.84. The fourth-order valence-corrected chi connectivity index (χ4v) is 3.33. The Labute approximate surface area is 124 Å². The number of carbonyl (C=O) groups excluding carboxylic acids is 1. The van der Waals surface area contributed by atoms with Crippen LogP contribution in [0.1, 0.15) is 46.0 Å². The van der Waals surface area contributed by atoms with E-state index in [1.807, 2.05) is 0 Å². The maximum atomic E-state index is 12.6. The molecular formula is C16H33N3O. The lowest BCUT2D eigenvalue weighted by Gasteiger charge is -2.32. The summed E-state index contributed by atoms with van der Waals surface area (Å²) < 4.78 is 0. The zero-order valence-corrected chi connectivity index (χ0v) is 13.7. The zero-order valence-electron chi connectivity index (χ0n) is 13.7. The standard InChI is InChI=1S/C16H33N3O/c1-12(2)9-14(11-19(3)4)18-16(20)15-8-6-5-7-13(15)10-17/h12-15H,5-11,17H2,1-4H3,(H,18,20). The molecule has 0 saturated heterocycles. The number of hydrogen-bond acceptors (Lipinski definition) is 3. The summed E-state index contributed by atoms with van der Waals surface area (Å²) in [4.78, 5) is 14.7. The second-order valence-electron chi connectivity index (χ2n) is 6.98. The fraction of sp³-hybridized carbons (Fsp3) is 0.938. The van der Waals surface area contributed by atoms with Crippen molar-refractivity contribution in [2.75, 3.05) is 27.2 Å². The largest absolute Gasteiger partial charge is 0.352 e. The predicted molar refractivity (Wildman–Crippen MR) is 84.4 cm³/mol. The molecule has 20 heavy (non-hydrogen) atoms. The molecular weight excluding hydrogens is 250 g/mol.